The Bertz CT molecular complexity index is 325. The first-order valence-electron chi connectivity index (χ1n) is 8.90. The van der Waals surface area contributed by atoms with Crippen LogP contribution in [0.3, 0.4) is 0 Å². The van der Waals surface area contributed by atoms with Crippen LogP contribution < -0.4 is 5.32 Å². The summed E-state index contributed by atoms with van der Waals surface area (Å²) in [5, 5.41) is 3.57. The van der Waals surface area contributed by atoms with Gasteiger partial charge in [-0.1, -0.05) is 20.8 Å². The third-order valence-corrected chi connectivity index (χ3v) is 6.62. The predicted octanol–water partition coefficient (Wildman–Crippen LogP) is 3.38. The highest BCUT2D eigenvalue weighted by Crippen LogP contribution is 2.41. The Morgan fingerprint density at radius 3 is 2.35 bits per heavy atom. The molecule has 3 fully saturated rings. The molecule has 3 atom stereocenters. The van der Waals surface area contributed by atoms with Crippen molar-refractivity contribution in [3.8, 4) is 0 Å². The molecule has 20 heavy (non-hydrogen) atoms. The molecule has 0 aromatic carbocycles. The molecule has 1 aliphatic carbocycles. The quantitative estimate of drug-likeness (QED) is 0.833. The SMILES string of the molecule is CC1C2CNCC2CN1CC1CCC(C(C)(C)C)CC1. The summed E-state index contributed by atoms with van der Waals surface area (Å²) in [4.78, 5) is 2.82. The minimum atomic E-state index is 0.522. The highest BCUT2D eigenvalue weighted by Gasteiger charge is 2.42. The summed E-state index contributed by atoms with van der Waals surface area (Å²) in [5.41, 5.74) is 0.522. The second-order valence-corrected chi connectivity index (χ2v) is 8.86. The van der Waals surface area contributed by atoms with E-state index in [0.29, 0.717) is 5.41 Å². The highest BCUT2D eigenvalue weighted by molar-refractivity contribution is 4.97. The average molecular weight is 278 g/mol. The Balaban J connectivity index is 1.48. The molecular weight excluding hydrogens is 244 g/mol. The van der Waals surface area contributed by atoms with Crippen molar-refractivity contribution in [2.24, 2.45) is 29.1 Å². The van der Waals surface area contributed by atoms with Gasteiger partial charge in [-0.15, -0.1) is 0 Å². The number of fused-ring (bicyclic) bond motifs is 1. The fourth-order valence-corrected chi connectivity index (χ4v) is 5.04. The van der Waals surface area contributed by atoms with Crippen LogP contribution in [-0.4, -0.2) is 37.1 Å². The van der Waals surface area contributed by atoms with Crippen LogP contribution in [0.2, 0.25) is 0 Å². The zero-order valence-electron chi connectivity index (χ0n) is 14.0. The van der Waals surface area contributed by atoms with E-state index in [4.69, 9.17) is 0 Å². The fourth-order valence-electron chi connectivity index (χ4n) is 5.04. The summed E-state index contributed by atoms with van der Waals surface area (Å²) < 4.78 is 0. The Morgan fingerprint density at radius 2 is 1.75 bits per heavy atom. The van der Waals surface area contributed by atoms with E-state index >= 15 is 0 Å². The van der Waals surface area contributed by atoms with Gasteiger partial charge in [0.15, 0.2) is 0 Å². The van der Waals surface area contributed by atoms with E-state index in [1.165, 1.54) is 51.9 Å². The molecule has 0 spiro atoms. The summed E-state index contributed by atoms with van der Waals surface area (Å²) in [6, 6.07) is 0.815. The molecule has 0 aromatic rings. The van der Waals surface area contributed by atoms with Gasteiger partial charge in [-0.25, -0.2) is 0 Å². The molecule has 1 saturated carbocycles. The van der Waals surface area contributed by atoms with Crippen LogP contribution in [0.15, 0.2) is 0 Å². The van der Waals surface area contributed by atoms with E-state index < -0.39 is 0 Å². The maximum atomic E-state index is 3.57. The first-order valence-corrected chi connectivity index (χ1v) is 8.90. The topological polar surface area (TPSA) is 15.3 Å². The van der Waals surface area contributed by atoms with Gasteiger partial charge in [0.05, 0.1) is 0 Å². The summed E-state index contributed by atoms with van der Waals surface area (Å²) in [7, 11) is 0. The Kier molecular flexibility index (Phi) is 4.16. The van der Waals surface area contributed by atoms with Gasteiger partial charge in [0.25, 0.3) is 0 Å². The molecule has 116 valence electrons. The molecule has 2 nitrogen and oxygen atoms in total. The van der Waals surface area contributed by atoms with Crippen LogP contribution in [0.5, 0.6) is 0 Å². The minimum absolute atomic E-state index is 0.522. The van der Waals surface area contributed by atoms with Crippen molar-refractivity contribution < 1.29 is 0 Å². The molecule has 2 heteroatoms. The number of nitrogens with one attached hydrogen (secondary N) is 1. The highest BCUT2D eigenvalue weighted by atomic mass is 15.2. The van der Waals surface area contributed by atoms with E-state index in [2.05, 4.69) is 37.9 Å². The van der Waals surface area contributed by atoms with Crippen molar-refractivity contribution >= 4 is 0 Å². The second-order valence-electron chi connectivity index (χ2n) is 8.86. The van der Waals surface area contributed by atoms with Crippen molar-refractivity contribution in [3.05, 3.63) is 0 Å². The van der Waals surface area contributed by atoms with E-state index in [0.717, 1.165) is 29.7 Å². The van der Waals surface area contributed by atoms with Gasteiger partial charge in [-0.2, -0.15) is 0 Å². The van der Waals surface area contributed by atoms with Gasteiger partial charge in [-0.05, 0) is 74.8 Å². The lowest BCUT2D eigenvalue weighted by Gasteiger charge is -2.38. The van der Waals surface area contributed by atoms with Gasteiger partial charge in [0.1, 0.15) is 0 Å². The number of hydrogen-bond acceptors (Lipinski definition) is 2. The van der Waals surface area contributed by atoms with E-state index in [1.54, 1.807) is 0 Å². The van der Waals surface area contributed by atoms with Crippen LogP contribution >= 0.6 is 0 Å². The van der Waals surface area contributed by atoms with Crippen molar-refractivity contribution in [2.45, 2.75) is 59.4 Å². The van der Waals surface area contributed by atoms with Crippen LogP contribution in [0, 0.1) is 29.1 Å². The van der Waals surface area contributed by atoms with Crippen LogP contribution in [0.4, 0.5) is 0 Å². The molecule has 0 radical (unpaired) electrons. The third kappa shape index (κ3) is 2.92. The molecule has 0 bridgehead atoms. The Morgan fingerprint density at radius 1 is 1.05 bits per heavy atom. The number of nitrogens with zero attached hydrogens (tertiary/aromatic N) is 1. The lowest BCUT2D eigenvalue weighted by atomic mass is 9.70. The standard InChI is InChI=1S/C18H34N2/c1-13-17-10-19-9-15(17)12-20(13)11-14-5-7-16(8-6-14)18(2,3)4/h13-17,19H,5-12H2,1-4H3. The molecule has 2 saturated heterocycles. The smallest absolute Gasteiger partial charge is 0.0111 e. The fraction of sp³-hybridized carbons (Fsp3) is 1.00. The maximum Gasteiger partial charge on any atom is 0.0111 e. The summed E-state index contributed by atoms with van der Waals surface area (Å²) in [5.74, 6) is 3.80. The number of hydrogen-bond donors (Lipinski definition) is 1. The van der Waals surface area contributed by atoms with Gasteiger partial charge < -0.3 is 5.32 Å². The molecule has 2 aliphatic heterocycles. The molecule has 0 aromatic heterocycles. The van der Waals surface area contributed by atoms with Gasteiger partial charge >= 0.3 is 0 Å². The zero-order chi connectivity index (χ0) is 14.3. The van der Waals surface area contributed by atoms with Crippen molar-refractivity contribution in [1.82, 2.24) is 10.2 Å². The van der Waals surface area contributed by atoms with E-state index in [-0.39, 0.29) is 0 Å². The molecule has 2 heterocycles. The normalized spacial score (nSPS) is 42.9. The predicted molar refractivity (Wildman–Crippen MR) is 85.8 cm³/mol. The third-order valence-electron chi connectivity index (χ3n) is 6.62. The van der Waals surface area contributed by atoms with Crippen LogP contribution in [-0.2, 0) is 0 Å². The largest absolute Gasteiger partial charge is 0.316 e. The van der Waals surface area contributed by atoms with Gasteiger partial charge in [-0.3, -0.25) is 4.90 Å². The van der Waals surface area contributed by atoms with E-state index in [1.807, 2.05) is 0 Å². The summed E-state index contributed by atoms with van der Waals surface area (Å²) >= 11 is 0. The minimum Gasteiger partial charge on any atom is -0.316 e. The average Bonchev–Trinajstić information content (AvgIpc) is 2.94. The summed E-state index contributed by atoms with van der Waals surface area (Å²) in [6.45, 7) is 15.0. The van der Waals surface area contributed by atoms with Crippen LogP contribution in [0.1, 0.15) is 53.4 Å². The first-order chi connectivity index (χ1) is 9.45. The first kappa shape index (κ1) is 14.8. The number of likely N-dealkylation sites (tertiary alicyclic amines) is 1. The second kappa shape index (κ2) is 5.61. The number of rotatable bonds is 2. The van der Waals surface area contributed by atoms with E-state index in [9.17, 15) is 0 Å². The van der Waals surface area contributed by atoms with Gasteiger partial charge in [0.2, 0.25) is 0 Å². The molecule has 3 unspecified atom stereocenters. The monoisotopic (exact) mass is 278 g/mol. The molecular formula is C18H34N2. The Hall–Kier alpha value is -0.0800. The van der Waals surface area contributed by atoms with Crippen LogP contribution in [0.25, 0.3) is 0 Å². The molecule has 1 N–H and O–H groups in total. The van der Waals surface area contributed by atoms with Crippen molar-refractivity contribution in [1.29, 1.82) is 0 Å². The lowest BCUT2D eigenvalue weighted by molar-refractivity contribution is 0.118. The Labute approximate surface area is 125 Å². The van der Waals surface area contributed by atoms with Crippen molar-refractivity contribution in [3.63, 3.8) is 0 Å². The molecule has 3 aliphatic rings. The van der Waals surface area contributed by atoms with Gasteiger partial charge in [0, 0.05) is 19.1 Å². The lowest BCUT2D eigenvalue weighted by Crippen LogP contribution is -2.38. The molecule has 0 amide bonds. The zero-order valence-corrected chi connectivity index (χ0v) is 14.0. The maximum absolute atomic E-state index is 3.57. The summed E-state index contributed by atoms with van der Waals surface area (Å²) in [6.07, 6.45) is 5.87. The van der Waals surface area contributed by atoms with Crippen molar-refractivity contribution in [2.75, 3.05) is 26.2 Å². The molecule has 3 rings (SSSR count).